The maximum absolute atomic E-state index is 13.7. The molecule has 4 N–H and O–H groups in total. The Morgan fingerprint density at radius 2 is 1.77 bits per heavy atom. The molecule has 39 heavy (non-hydrogen) atoms. The lowest BCUT2D eigenvalue weighted by molar-refractivity contribution is -0.139. The van der Waals surface area contributed by atoms with Gasteiger partial charge in [-0.2, -0.15) is 0 Å². The summed E-state index contributed by atoms with van der Waals surface area (Å²) in [6.07, 6.45) is 0.457. The molecule has 0 fully saturated rings. The minimum atomic E-state index is -1.19. The summed E-state index contributed by atoms with van der Waals surface area (Å²) in [6, 6.07) is 16.1. The maximum Gasteiger partial charge on any atom is 0.327 e. The first-order valence-corrected chi connectivity index (χ1v) is 12.5. The van der Waals surface area contributed by atoms with Crippen LogP contribution >= 0.6 is 0 Å². The molecule has 9 nitrogen and oxygen atoms in total. The summed E-state index contributed by atoms with van der Waals surface area (Å²) in [5, 5.41) is 17.6. The summed E-state index contributed by atoms with van der Waals surface area (Å²) in [5.74, 6) is -2.71. The molecule has 0 bridgehead atoms. The van der Waals surface area contributed by atoms with Gasteiger partial charge in [0.05, 0.1) is 11.4 Å². The van der Waals surface area contributed by atoms with Crippen molar-refractivity contribution in [2.24, 2.45) is 5.92 Å². The molecule has 202 valence electrons. The molecule has 1 heterocycles. The summed E-state index contributed by atoms with van der Waals surface area (Å²) < 4.78 is 13.7. The van der Waals surface area contributed by atoms with Crippen molar-refractivity contribution >= 4 is 40.9 Å². The lowest BCUT2D eigenvalue weighted by atomic mass is 9.97. The topological polar surface area (TPSA) is 128 Å². The second-order valence-corrected chi connectivity index (χ2v) is 9.73. The average Bonchev–Trinajstić information content (AvgIpc) is 2.88. The van der Waals surface area contributed by atoms with Crippen LogP contribution in [0.5, 0.6) is 0 Å². The molecule has 0 spiro atoms. The van der Waals surface area contributed by atoms with Crippen LogP contribution in [-0.2, 0) is 16.0 Å². The summed E-state index contributed by atoms with van der Waals surface area (Å²) in [7, 11) is 0. The minimum absolute atomic E-state index is 0.0781. The highest BCUT2D eigenvalue weighted by molar-refractivity contribution is 6.15. The predicted molar refractivity (Wildman–Crippen MR) is 145 cm³/mol. The summed E-state index contributed by atoms with van der Waals surface area (Å²) in [5.41, 5.74) is 1.66. The third-order valence-corrected chi connectivity index (χ3v) is 6.27. The van der Waals surface area contributed by atoms with Crippen molar-refractivity contribution < 1.29 is 28.7 Å². The van der Waals surface area contributed by atoms with Crippen molar-refractivity contribution in [1.29, 1.82) is 0 Å². The second-order valence-electron chi connectivity index (χ2n) is 9.73. The van der Waals surface area contributed by atoms with E-state index in [1.165, 1.54) is 47.4 Å². The zero-order chi connectivity index (χ0) is 28.1. The quantitative estimate of drug-likeness (QED) is 0.336. The first-order valence-electron chi connectivity index (χ1n) is 12.5. The number of anilines is 3. The van der Waals surface area contributed by atoms with Gasteiger partial charge in [0.2, 0.25) is 5.91 Å². The van der Waals surface area contributed by atoms with E-state index < -0.39 is 41.7 Å². The van der Waals surface area contributed by atoms with Gasteiger partial charge in [-0.05, 0) is 54.3 Å². The van der Waals surface area contributed by atoms with Crippen LogP contribution in [0.25, 0.3) is 0 Å². The average molecular weight is 533 g/mol. The molecular formula is C29H29FN4O5. The normalized spacial score (nSPS) is 15.2. The molecule has 1 aliphatic heterocycles. The summed E-state index contributed by atoms with van der Waals surface area (Å²) >= 11 is 0. The summed E-state index contributed by atoms with van der Waals surface area (Å²) in [6.45, 7) is 3.85. The number of carbonyl (C=O) groups is 4. The van der Waals surface area contributed by atoms with Crippen LogP contribution in [0, 0.1) is 11.7 Å². The number of carboxylic acid groups (broad SMARTS) is 1. The number of carboxylic acids is 1. The van der Waals surface area contributed by atoms with Crippen LogP contribution in [0.4, 0.5) is 26.2 Å². The minimum Gasteiger partial charge on any atom is -0.480 e. The Kier molecular flexibility index (Phi) is 8.24. The molecule has 0 aromatic heterocycles. The molecule has 2 atom stereocenters. The van der Waals surface area contributed by atoms with E-state index in [4.69, 9.17) is 0 Å². The predicted octanol–water partition coefficient (Wildman–Crippen LogP) is 4.66. The largest absolute Gasteiger partial charge is 0.480 e. The van der Waals surface area contributed by atoms with E-state index in [0.29, 0.717) is 12.1 Å². The van der Waals surface area contributed by atoms with Gasteiger partial charge in [0, 0.05) is 17.7 Å². The highest BCUT2D eigenvalue weighted by Crippen LogP contribution is 2.35. The van der Waals surface area contributed by atoms with E-state index in [-0.39, 0.29) is 29.3 Å². The fourth-order valence-corrected chi connectivity index (χ4v) is 4.44. The SMILES string of the molecule is CC(C)CC1C(=O)Nc2cc(C(=O)NC(Cc3ccccc3)C(=O)O)ccc2N1C(=O)Nc1cccc(F)c1. The van der Waals surface area contributed by atoms with E-state index in [0.717, 1.165) is 5.56 Å². The van der Waals surface area contributed by atoms with Gasteiger partial charge in [0.15, 0.2) is 0 Å². The van der Waals surface area contributed by atoms with Gasteiger partial charge in [-0.25, -0.2) is 14.0 Å². The van der Waals surface area contributed by atoms with Gasteiger partial charge in [-0.1, -0.05) is 50.2 Å². The third-order valence-electron chi connectivity index (χ3n) is 6.27. The van der Waals surface area contributed by atoms with E-state index in [1.807, 2.05) is 19.9 Å². The number of aliphatic carboxylic acids is 1. The fourth-order valence-electron chi connectivity index (χ4n) is 4.44. The van der Waals surface area contributed by atoms with Gasteiger partial charge < -0.3 is 21.1 Å². The number of rotatable bonds is 8. The Labute approximate surface area is 225 Å². The third kappa shape index (κ3) is 6.59. The molecule has 10 heteroatoms. The smallest absolute Gasteiger partial charge is 0.327 e. The lowest BCUT2D eigenvalue weighted by Crippen LogP contribution is -2.53. The standard InChI is InChI=1S/C29H29FN4O5/c1-17(2)13-25-27(36)32-22-15-19(26(35)33-23(28(37)38)14-18-7-4-3-5-8-18)11-12-24(22)34(25)29(39)31-21-10-6-9-20(30)16-21/h3-12,15-17,23,25H,13-14H2,1-2H3,(H,31,39)(H,32,36)(H,33,35)(H,37,38). The van der Waals surface area contributed by atoms with Crippen LogP contribution in [0.2, 0.25) is 0 Å². The number of nitrogens with zero attached hydrogens (tertiary/aromatic N) is 1. The molecule has 3 aromatic rings. The van der Waals surface area contributed by atoms with Crippen molar-refractivity contribution in [3.05, 3.63) is 89.7 Å². The Hall–Kier alpha value is -4.73. The van der Waals surface area contributed by atoms with Crippen molar-refractivity contribution in [2.75, 3.05) is 15.5 Å². The van der Waals surface area contributed by atoms with Gasteiger partial charge >= 0.3 is 12.0 Å². The number of hydrogen-bond acceptors (Lipinski definition) is 4. The van der Waals surface area contributed by atoms with Gasteiger partial charge in [0.1, 0.15) is 17.9 Å². The number of carbonyl (C=O) groups excluding carboxylic acids is 3. The highest BCUT2D eigenvalue weighted by atomic mass is 19.1. The van der Waals surface area contributed by atoms with Crippen molar-refractivity contribution in [3.8, 4) is 0 Å². The van der Waals surface area contributed by atoms with E-state index in [2.05, 4.69) is 16.0 Å². The van der Waals surface area contributed by atoms with Gasteiger partial charge in [-0.3, -0.25) is 14.5 Å². The van der Waals surface area contributed by atoms with Crippen molar-refractivity contribution in [1.82, 2.24) is 5.32 Å². The summed E-state index contributed by atoms with van der Waals surface area (Å²) in [4.78, 5) is 52.6. The first kappa shape index (κ1) is 27.3. The Bertz CT molecular complexity index is 1400. The molecule has 0 aliphatic carbocycles. The zero-order valence-corrected chi connectivity index (χ0v) is 21.5. The number of urea groups is 1. The zero-order valence-electron chi connectivity index (χ0n) is 21.5. The number of nitrogens with one attached hydrogen (secondary N) is 3. The molecular weight excluding hydrogens is 503 g/mol. The van der Waals surface area contributed by atoms with E-state index in [1.54, 1.807) is 24.3 Å². The van der Waals surface area contributed by atoms with Crippen molar-refractivity contribution in [3.63, 3.8) is 0 Å². The van der Waals surface area contributed by atoms with Crippen LogP contribution in [0.15, 0.2) is 72.8 Å². The number of halogens is 1. The highest BCUT2D eigenvalue weighted by Gasteiger charge is 2.38. The Balaban J connectivity index is 1.61. The monoisotopic (exact) mass is 532 g/mol. The number of benzene rings is 3. The second kappa shape index (κ2) is 11.8. The fraction of sp³-hybridized carbons (Fsp3) is 0.241. The van der Waals surface area contributed by atoms with Crippen LogP contribution < -0.4 is 20.9 Å². The van der Waals surface area contributed by atoms with Crippen LogP contribution in [0.1, 0.15) is 36.2 Å². The molecule has 2 unspecified atom stereocenters. The van der Waals surface area contributed by atoms with Gasteiger partial charge in [0.25, 0.3) is 5.91 Å². The number of hydrogen-bond donors (Lipinski definition) is 4. The van der Waals surface area contributed by atoms with E-state index in [9.17, 15) is 28.7 Å². The number of amides is 4. The first-order chi connectivity index (χ1) is 18.6. The molecule has 0 radical (unpaired) electrons. The lowest BCUT2D eigenvalue weighted by Gasteiger charge is -2.37. The number of fused-ring (bicyclic) bond motifs is 1. The van der Waals surface area contributed by atoms with Crippen LogP contribution in [-0.4, -0.2) is 41.0 Å². The Morgan fingerprint density at radius 3 is 2.44 bits per heavy atom. The van der Waals surface area contributed by atoms with Crippen molar-refractivity contribution in [2.45, 2.75) is 38.8 Å². The molecule has 0 saturated carbocycles. The molecule has 3 aromatic carbocycles. The molecule has 4 rings (SSSR count). The van der Waals surface area contributed by atoms with Gasteiger partial charge in [-0.15, -0.1) is 0 Å². The molecule has 1 aliphatic rings. The van der Waals surface area contributed by atoms with E-state index >= 15 is 0 Å². The van der Waals surface area contributed by atoms with Crippen LogP contribution in [0.3, 0.4) is 0 Å². The Morgan fingerprint density at radius 1 is 1.03 bits per heavy atom. The molecule has 0 saturated heterocycles. The maximum atomic E-state index is 13.7. The molecule has 4 amide bonds.